The molecule has 0 saturated carbocycles. The first-order chi connectivity index (χ1) is 7.54. The van der Waals surface area contributed by atoms with Crippen molar-refractivity contribution in [2.75, 3.05) is 18.5 Å². The number of hydrogen-bond acceptors (Lipinski definition) is 4. The Morgan fingerprint density at radius 2 is 2.31 bits per heavy atom. The Kier molecular flexibility index (Phi) is 4.53. The van der Waals surface area contributed by atoms with Crippen molar-refractivity contribution in [3.8, 4) is 6.07 Å². The van der Waals surface area contributed by atoms with E-state index in [-0.39, 0.29) is 11.8 Å². The third-order valence-electron chi connectivity index (χ3n) is 2.21. The first-order valence-corrected chi connectivity index (χ1v) is 5.38. The number of halogens is 1. The van der Waals surface area contributed by atoms with Crippen LogP contribution in [0.15, 0.2) is 12.1 Å². The van der Waals surface area contributed by atoms with E-state index in [1.54, 1.807) is 19.1 Å². The van der Waals surface area contributed by atoms with Gasteiger partial charge in [0.15, 0.2) is 5.69 Å². The van der Waals surface area contributed by atoms with Gasteiger partial charge in [0.1, 0.15) is 11.9 Å². The summed E-state index contributed by atoms with van der Waals surface area (Å²) in [6.07, 6.45) is 0.313. The second kappa shape index (κ2) is 5.69. The Hall–Kier alpha value is -1.31. The van der Waals surface area contributed by atoms with E-state index >= 15 is 0 Å². The monoisotopic (exact) mass is 239 g/mol. The van der Waals surface area contributed by atoms with Gasteiger partial charge in [-0.1, -0.05) is 11.6 Å². The number of aromatic nitrogens is 1. The highest BCUT2D eigenvalue weighted by atomic mass is 35.5. The summed E-state index contributed by atoms with van der Waals surface area (Å²) in [6, 6.07) is 5.35. The van der Waals surface area contributed by atoms with Gasteiger partial charge in [-0.3, -0.25) is 0 Å². The highest BCUT2D eigenvalue weighted by molar-refractivity contribution is 6.31. The van der Waals surface area contributed by atoms with Gasteiger partial charge < -0.3 is 10.0 Å². The summed E-state index contributed by atoms with van der Waals surface area (Å²) in [5, 5.41) is 18.3. The number of anilines is 1. The largest absolute Gasteiger partial charge is 0.393 e. The zero-order valence-electron chi connectivity index (χ0n) is 9.31. The molecule has 0 spiro atoms. The minimum Gasteiger partial charge on any atom is -0.393 e. The molecular weight excluding hydrogens is 226 g/mol. The standard InChI is InChI=1S/C11H14ClN3O/c1-8(16)5-6-15(2)11-4-3-9(12)10(7-13)14-11/h3-4,8,16H,5-6H2,1-2H3. The number of rotatable bonds is 4. The van der Waals surface area contributed by atoms with E-state index in [9.17, 15) is 5.11 Å². The molecule has 16 heavy (non-hydrogen) atoms. The molecule has 0 fully saturated rings. The fourth-order valence-corrected chi connectivity index (χ4v) is 1.37. The van der Waals surface area contributed by atoms with E-state index in [4.69, 9.17) is 16.9 Å². The van der Waals surface area contributed by atoms with Crippen molar-refractivity contribution >= 4 is 17.4 Å². The van der Waals surface area contributed by atoms with Crippen molar-refractivity contribution in [3.63, 3.8) is 0 Å². The first kappa shape index (κ1) is 12.8. The second-order valence-corrected chi connectivity index (χ2v) is 4.08. The Morgan fingerprint density at radius 1 is 1.62 bits per heavy atom. The third kappa shape index (κ3) is 3.37. The van der Waals surface area contributed by atoms with Crippen molar-refractivity contribution in [1.82, 2.24) is 4.98 Å². The van der Waals surface area contributed by atoms with Crippen LogP contribution in [0.4, 0.5) is 5.82 Å². The molecule has 0 saturated heterocycles. The molecule has 0 aliphatic carbocycles. The number of aliphatic hydroxyl groups is 1. The lowest BCUT2D eigenvalue weighted by Crippen LogP contribution is -2.22. The average molecular weight is 240 g/mol. The van der Waals surface area contributed by atoms with Gasteiger partial charge in [0, 0.05) is 13.6 Å². The SMILES string of the molecule is CC(O)CCN(C)c1ccc(Cl)c(C#N)n1. The van der Waals surface area contributed by atoms with Crippen molar-refractivity contribution in [3.05, 3.63) is 22.8 Å². The van der Waals surface area contributed by atoms with E-state index < -0.39 is 0 Å². The molecule has 0 radical (unpaired) electrons. The van der Waals surface area contributed by atoms with Crippen molar-refractivity contribution in [2.45, 2.75) is 19.4 Å². The summed E-state index contributed by atoms with van der Waals surface area (Å²) >= 11 is 5.79. The fraction of sp³-hybridized carbons (Fsp3) is 0.455. The summed E-state index contributed by atoms with van der Waals surface area (Å²) in [4.78, 5) is 6.00. The van der Waals surface area contributed by atoms with Crippen LogP contribution in [0, 0.1) is 11.3 Å². The van der Waals surface area contributed by atoms with E-state index in [0.29, 0.717) is 23.8 Å². The molecule has 1 aromatic rings. The molecule has 0 aliphatic heterocycles. The molecule has 86 valence electrons. The number of nitriles is 1. The maximum Gasteiger partial charge on any atom is 0.161 e. The number of pyridine rings is 1. The average Bonchev–Trinajstić information content (AvgIpc) is 2.26. The smallest absolute Gasteiger partial charge is 0.161 e. The van der Waals surface area contributed by atoms with Crippen LogP contribution in [0.1, 0.15) is 19.0 Å². The lowest BCUT2D eigenvalue weighted by atomic mass is 10.2. The van der Waals surface area contributed by atoms with Crippen LogP contribution in [-0.2, 0) is 0 Å². The first-order valence-electron chi connectivity index (χ1n) is 5.00. The molecular formula is C11H14ClN3O. The number of hydrogen-bond donors (Lipinski definition) is 1. The number of aliphatic hydroxyl groups excluding tert-OH is 1. The summed E-state index contributed by atoms with van der Waals surface area (Å²) in [5.74, 6) is 0.682. The third-order valence-corrected chi connectivity index (χ3v) is 2.52. The summed E-state index contributed by atoms with van der Waals surface area (Å²) in [7, 11) is 1.86. The lowest BCUT2D eigenvalue weighted by Gasteiger charge is -2.19. The van der Waals surface area contributed by atoms with Crippen LogP contribution in [0.25, 0.3) is 0 Å². The second-order valence-electron chi connectivity index (χ2n) is 3.67. The van der Waals surface area contributed by atoms with E-state index in [1.165, 1.54) is 0 Å². The topological polar surface area (TPSA) is 60.1 Å². The van der Waals surface area contributed by atoms with Crippen LogP contribution in [-0.4, -0.2) is 29.8 Å². The molecule has 1 rings (SSSR count). The summed E-state index contributed by atoms with van der Waals surface area (Å²) in [6.45, 7) is 2.42. The zero-order valence-corrected chi connectivity index (χ0v) is 10.1. The summed E-state index contributed by atoms with van der Waals surface area (Å²) in [5.41, 5.74) is 0.225. The molecule has 0 amide bonds. The quantitative estimate of drug-likeness (QED) is 0.871. The van der Waals surface area contributed by atoms with Crippen LogP contribution in [0.5, 0.6) is 0 Å². The van der Waals surface area contributed by atoms with E-state index in [1.807, 2.05) is 18.0 Å². The molecule has 0 aromatic carbocycles. The molecule has 1 unspecified atom stereocenters. The lowest BCUT2D eigenvalue weighted by molar-refractivity contribution is 0.187. The minimum atomic E-state index is -0.342. The molecule has 1 heterocycles. The minimum absolute atomic E-state index is 0.225. The maximum absolute atomic E-state index is 9.17. The van der Waals surface area contributed by atoms with Crippen LogP contribution >= 0.6 is 11.6 Å². The van der Waals surface area contributed by atoms with E-state index in [0.717, 1.165) is 0 Å². The van der Waals surface area contributed by atoms with Gasteiger partial charge in [-0.15, -0.1) is 0 Å². The van der Waals surface area contributed by atoms with Gasteiger partial charge in [-0.25, -0.2) is 4.98 Å². The summed E-state index contributed by atoms with van der Waals surface area (Å²) < 4.78 is 0. The predicted octanol–water partition coefficient (Wildman–Crippen LogP) is 1.81. The number of nitrogens with zero attached hydrogens (tertiary/aromatic N) is 3. The van der Waals surface area contributed by atoms with Crippen LogP contribution in [0.3, 0.4) is 0 Å². The van der Waals surface area contributed by atoms with Crippen molar-refractivity contribution in [1.29, 1.82) is 5.26 Å². The molecule has 5 heteroatoms. The molecule has 0 aliphatic rings. The van der Waals surface area contributed by atoms with Crippen molar-refractivity contribution in [2.24, 2.45) is 0 Å². The Labute approximate surface area is 100 Å². The predicted molar refractivity (Wildman–Crippen MR) is 63.5 cm³/mol. The molecule has 1 N–H and O–H groups in total. The van der Waals surface area contributed by atoms with Gasteiger partial charge in [0.25, 0.3) is 0 Å². The van der Waals surface area contributed by atoms with Gasteiger partial charge >= 0.3 is 0 Å². The Balaban J connectivity index is 2.77. The van der Waals surface area contributed by atoms with Crippen molar-refractivity contribution < 1.29 is 5.11 Å². The van der Waals surface area contributed by atoms with E-state index in [2.05, 4.69) is 4.98 Å². The highest BCUT2D eigenvalue weighted by Gasteiger charge is 2.07. The zero-order chi connectivity index (χ0) is 12.1. The highest BCUT2D eigenvalue weighted by Crippen LogP contribution is 2.18. The van der Waals surface area contributed by atoms with Crippen LogP contribution < -0.4 is 4.90 Å². The van der Waals surface area contributed by atoms with Gasteiger partial charge in [0.2, 0.25) is 0 Å². The van der Waals surface area contributed by atoms with Crippen LogP contribution in [0.2, 0.25) is 5.02 Å². The van der Waals surface area contributed by atoms with Gasteiger partial charge in [0.05, 0.1) is 11.1 Å². The molecule has 0 bridgehead atoms. The van der Waals surface area contributed by atoms with Gasteiger partial charge in [-0.05, 0) is 25.5 Å². The maximum atomic E-state index is 9.17. The molecule has 1 atom stereocenters. The fourth-order valence-electron chi connectivity index (χ4n) is 1.22. The van der Waals surface area contributed by atoms with Gasteiger partial charge in [-0.2, -0.15) is 5.26 Å². The normalized spacial score (nSPS) is 11.9. The molecule has 1 aromatic heterocycles. The molecule has 4 nitrogen and oxygen atoms in total. The Morgan fingerprint density at radius 3 is 2.88 bits per heavy atom. The Bertz CT molecular complexity index is 401.